The van der Waals surface area contributed by atoms with E-state index in [9.17, 15) is 9.90 Å². The number of aromatic nitrogens is 2. The summed E-state index contributed by atoms with van der Waals surface area (Å²) in [6.45, 7) is 2.40. The Morgan fingerprint density at radius 1 is 1.44 bits per heavy atom. The molecular weight excluding hydrogens is 232 g/mol. The van der Waals surface area contributed by atoms with E-state index >= 15 is 0 Å². The molecule has 2 rings (SSSR count). The molecule has 94 valence electrons. The molecule has 0 radical (unpaired) electrons. The lowest BCUT2D eigenvalue weighted by Crippen LogP contribution is -1.94. The predicted molar refractivity (Wildman–Crippen MR) is 66.9 cm³/mol. The van der Waals surface area contributed by atoms with Crippen molar-refractivity contribution in [1.29, 1.82) is 0 Å². The third-order valence-corrected chi connectivity index (χ3v) is 2.65. The van der Waals surface area contributed by atoms with Gasteiger partial charge < -0.3 is 9.84 Å². The third-order valence-electron chi connectivity index (χ3n) is 2.65. The van der Waals surface area contributed by atoms with Crippen molar-refractivity contribution in [3.63, 3.8) is 0 Å². The van der Waals surface area contributed by atoms with Crippen LogP contribution in [0.5, 0.6) is 11.6 Å². The van der Waals surface area contributed by atoms with Crippen LogP contribution in [-0.4, -0.2) is 27.6 Å². The number of aromatic hydroxyl groups is 1. The van der Waals surface area contributed by atoms with Crippen molar-refractivity contribution in [2.75, 3.05) is 6.61 Å². The van der Waals surface area contributed by atoms with Crippen molar-refractivity contribution in [2.45, 2.75) is 6.92 Å². The Bertz CT molecular complexity index is 576. The second-order valence-corrected chi connectivity index (χ2v) is 3.75. The highest BCUT2D eigenvalue weighted by atomic mass is 16.5. The van der Waals surface area contributed by atoms with Crippen LogP contribution in [-0.2, 0) is 7.05 Å². The maximum absolute atomic E-state index is 10.8. The monoisotopic (exact) mass is 246 g/mol. The van der Waals surface area contributed by atoms with Gasteiger partial charge in [0.15, 0.2) is 12.1 Å². The lowest BCUT2D eigenvalue weighted by atomic mass is 10.1. The number of benzene rings is 1. The van der Waals surface area contributed by atoms with Crippen LogP contribution in [0.1, 0.15) is 17.5 Å². The summed E-state index contributed by atoms with van der Waals surface area (Å²) >= 11 is 0. The highest BCUT2D eigenvalue weighted by Gasteiger charge is 2.17. The molecule has 0 fully saturated rings. The van der Waals surface area contributed by atoms with Gasteiger partial charge in [0.05, 0.1) is 6.61 Å². The molecule has 0 saturated heterocycles. The Hall–Kier alpha value is -2.30. The van der Waals surface area contributed by atoms with E-state index in [-0.39, 0.29) is 11.7 Å². The first kappa shape index (κ1) is 12.2. The number of hydrogen-bond acceptors (Lipinski definition) is 4. The van der Waals surface area contributed by atoms with Crippen LogP contribution in [0.2, 0.25) is 0 Å². The number of carbonyl (C=O) groups excluding carboxylic acids is 1. The Morgan fingerprint density at radius 2 is 2.17 bits per heavy atom. The molecule has 0 saturated carbocycles. The lowest BCUT2D eigenvalue weighted by Gasteiger charge is -2.08. The Balaban J connectivity index is 2.58. The van der Waals surface area contributed by atoms with Crippen molar-refractivity contribution in [3.8, 4) is 22.9 Å². The van der Waals surface area contributed by atoms with E-state index in [2.05, 4.69) is 4.98 Å². The summed E-state index contributed by atoms with van der Waals surface area (Å²) < 4.78 is 6.82. The van der Waals surface area contributed by atoms with Crippen molar-refractivity contribution < 1.29 is 14.6 Å². The fraction of sp³-hybridized carbons (Fsp3) is 0.231. The number of rotatable bonds is 4. The minimum Gasteiger partial charge on any atom is -0.493 e. The topological polar surface area (TPSA) is 64.3 Å². The highest BCUT2D eigenvalue weighted by Crippen LogP contribution is 2.34. The predicted octanol–water partition coefficient (Wildman–Crippen LogP) is 2.00. The number of aldehydes is 1. The van der Waals surface area contributed by atoms with E-state index in [0.29, 0.717) is 29.9 Å². The smallest absolute Gasteiger partial charge is 0.219 e. The first-order valence-electron chi connectivity index (χ1n) is 5.62. The molecule has 0 unspecified atom stereocenters. The molecule has 1 aromatic carbocycles. The molecule has 0 aliphatic rings. The second kappa shape index (κ2) is 4.91. The lowest BCUT2D eigenvalue weighted by molar-refractivity contribution is 0.111. The Labute approximate surface area is 105 Å². The molecular formula is C13H14N2O3. The van der Waals surface area contributed by atoms with Crippen LogP contribution in [0.15, 0.2) is 24.3 Å². The fourth-order valence-electron chi connectivity index (χ4n) is 1.74. The average Bonchev–Trinajstić information content (AvgIpc) is 2.67. The summed E-state index contributed by atoms with van der Waals surface area (Å²) in [5.74, 6) is 0.754. The number of hydrogen-bond donors (Lipinski definition) is 1. The van der Waals surface area contributed by atoms with Gasteiger partial charge in [-0.05, 0) is 19.1 Å². The molecule has 0 aliphatic carbocycles. The number of carbonyl (C=O) groups is 1. The van der Waals surface area contributed by atoms with Crippen LogP contribution in [0.3, 0.4) is 0 Å². The minimum absolute atomic E-state index is 0.0516. The molecule has 0 aliphatic heterocycles. The SMILES string of the molecule is CCOc1ccccc1-c1nc(C=O)n(C)c1O. The summed E-state index contributed by atoms with van der Waals surface area (Å²) in [6, 6.07) is 7.26. The maximum Gasteiger partial charge on any atom is 0.219 e. The molecule has 18 heavy (non-hydrogen) atoms. The number of imidazole rings is 1. The fourth-order valence-corrected chi connectivity index (χ4v) is 1.74. The molecule has 2 aromatic rings. The van der Waals surface area contributed by atoms with E-state index in [4.69, 9.17) is 4.74 Å². The van der Waals surface area contributed by atoms with E-state index < -0.39 is 0 Å². The van der Waals surface area contributed by atoms with Gasteiger partial charge >= 0.3 is 0 Å². The van der Waals surface area contributed by atoms with Gasteiger partial charge in [-0.15, -0.1) is 0 Å². The van der Waals surface area contributed by atoms with Crippen LogP contribution in [0.4, 0.5) is 0 Å². The van der Waals surface area contributed by atoms with E-state index in [1.807, 2.05) is 19.1 Å². The van der Waals surface area contributed by atoms with Gasteiger partial charge in [0.25, 0.3) is 0 Å². The Morgan fingerprint density at radius 3 is 2.78 bits per heavy atom. The average molecular weight is 246 g/mol. The quantitative estimate of drug-likeness (QED) is 0.838. The van der Waals surface area contributed by atoms with Gasteiger partial charge in [-0.25, -0.2) is 4.98 Å². The Kier molecular flexibility index (Phi) is 3.32. The zero-order chi connectivity index (χ0) is 13.1. The van der Waals surface area contributed by atoms with Crippen molar-refractivity contribution >= 4 is 6.29 Å². The van der Waals surface area contributed by atoms with Gasteiger partial charge in [0, 0.05) is 12.6 Å². The van der Waals surface area contributed by atoms with Gasteiger partial charge in [0.1, 0.15) is 11.4 Å². The third kappa shape index (κ3) is 1.95. The molecule has 5 heteroatoms. The number of ether oxygens (including phenoxy) is 1. The highest BCUT2D eigenvalue weighted by molar-refractivity contribution is 5.77. The summed E-state index contributed by atoms with van der Waals surface area (Å²) in [6.07, 6.45) is 0.604. The molecule has 0 amide bonds. The standard InChI is InChI=1S/C13H14N2O3/c1-3-18-10-7-5-4-6-9(10)12-13(17)15(2)11(8-16)14-12/h4-8,17H,3H2,1-2H3. The molecule has 0 bridgehead atoms. The normalized spacial score (nSPS) is 10.3. The van der Waals surface area contributed by atoms with Gasteiger partial charge in [-0.1, -0.05) is 12.1 Å². The second-order valence-electron chi connectivity index (χ2n) is 3.75. The number of nitrogens with zero attached hydrogens (tertiary/aromatic N) is 2. The maximum atomic E-state index is 10.8. The van der Waals surface area contributed by atoms with Crippen LogP contribution < -0.4 is 4.74 Å². The first-order valence-corrected chi connectivity index (χ1v) is 5.62. The first-order chi connectivity index (χ1) is 8.69. The number of para-hydroxylation sites is 1. The summed E-state index contributed by atoms with van der Waals surface area (Å²) in [5.41, 5.74) is 1.02. The van der Waals surface area contributed by atoms with E-state index in [0.717, 1.165) is 0 Å². The molecule has 1 heterocycles. The van der Waals surface area contributed by atoms with Gasteiger partial charge in [-0.3, -0.25) is 9.36 Å². The van der Waals surface area contributed by atoms with E-state index in [1.54, 1.807) is 19.2 Å². The van der Waals surface area contributed by atoms with Crippen LogP contribution >= 0.6 is 0 Å². The summed E-state index contributed by atoms with van der Waals surface area (Å²) in [5, 5.41) is 9.98. The van der Waals surface area contributed by atoms with Crippen LogP contribution in [0.25, 0.3) is 11.3 Å². The van der Waals surface area contributed by atoms with Gasteiger partial charge in [-0.2, -0.15) is 0 Å². The minimum atomic E-state index is -0.0516. The molecule has 1 aromatic heterocycles. The van der Waals surface area contributed by atoms with Crippen molar-refractivity contribution in [1.82, 2.24) is 9.55 Å². The zero-order valence-electron chi connectivity index (χ0n) is 10.3. The van der Waals surface area contributed by atoms with Crippen molar-refractivity contribution in [3.05, 3.63) is 30.1 Å². The van der Waals surface area contributed by atoms with Crippen LogP contribution in [0, 0.1) is 0 Å². The molecule has 0 atom stereocenters. The molecule has 0 spiro atoms. The summed E-state index contributed by atoms with van der Waals surface area (Å²) in [7, 11) is 1.58. The largest absolute Gasteiger partial charge is 0.493 e. The summed E-state index contributed by atoms with van der Waals surface area (Å²) in [4.78, 5) is 14.9. The molecule has 1 N–H and O–H groups in total. The van der Waals surface area contributed by atoms with Gasteiger partial charge in [0.2, 0.25) is 5.88 Å². The zero-order valence-corrected chi connectivity index (χ0v) is 10.3. The van der Waals surface area contributed by atoms with E-state index in [1.165, 1.54) is 4.57 Å². The van der Waals surface area contributed by atoms with Crippen molar-refractivity contribution in [2.24, 2.45) is 7.05 Å². The molecule has 5 nitrogen and oxygen atoms in total.